The normalized spacial score (nSPS) is 14.8. The second-order valence-corrected chi connectivity index (χ2v) is 7.28. The van der Waals surface area contributed by atoms with E-state index in [9.17, 15) is 14.4 Å². The number of methoxy groups -OCH3 is 1. The number of carbonyl (C=O) groups excluding carboxylic acids is 2. The molecule has 1 atom stereocenters. The standard InChI is InChI=1S/C17H21N3O4S/c1-10(17(23)24-2)19-13(21)7-8-20-9-18-15-14(16(20)22)11-5-3-4-6-12(11)25-15/h9-10H,3-8H2,1-2H3,(H,19,21)/t10-/m1/s1. The molecule has 0 aromatic carbocycles. The van der Waals surface area contributed by atoms with Crippen molar-refractivity contribution < 1.29 is 14.3 Å². The van der Waals surface area contributed by atoms with Gasteiger partial charge in [0.2, 0.25) is 5.91 Å². The Balaban J connectivity index is 1.74. The average Bonchev–Trinajstić information content (AvgIpc) is 2.99. The van der Waals surface area contributed by atoms with Gasteiger partial charge in [-0.1, -0.05) is 0 Å². The Kier molecular flexibility index (Phi) is 5.17. The second kappa shape index (κ2) is 7.35. The molecule has 8 heteroatoms. The first-order valence-electron chi connectivity index (χ1n) is 8.38. The number of rotatable bonds is 5. The minimum Gasteiger partial charge on any atom is -0.467 e. The van der Waals surface area contributed by atoms with Crippen LogP contribution in [0.4, 0.5) is 0 Å². The van der Waals surface area contributed by atoms with Gasteiger partial charge in [-0.3, -0.25) is 14.2 Å². The van der Waals surface area contributed by atoms with E-state index in [4.69, 9.17) is 0 Å². The summed E-state index contributed by atoms with van der Waals surface area (Å²) in [7, 11) is 1.27. The Hall–Kier alpha value is -2.22. The van der Waals surface area contributed by atoms with E-state index in [-0.39, 0.29) is 24.4 Å². The van der Waals surface area contributed by atoms with Crippen LogP contribution in [0.5, 0.6) is 0 Å². The van der Waals surface area contributed by atoms with Crippen molar-refractivity contribution in [2.24, 2.45) is 0 Å². The molecule has 7 nitrogen and oxygen atoms in total. The third-order valence-corrected chi connectivity index (χ3v) is 5.65. The highest BCUT2D eigenvalue weighted by molar-refractivity contribution is 7.18. The first-order chi connectivity index (χ1) is 12.0. The van der Waals surface area contributed by atoms with Gasteiger partial charge in [0.15, 0.2) is 0 Å². The molecule has 2 heterocycles. The van der Waals surface area contributed by atoms with E-state index in [0.29, 0.717) is 5.39 Å². The van der Waals surface area contributed by atoms with Gasteiger partial charge < -0.3 is 10.1 Å². The highest BCUT2D eigenvalue weighted by Gasteiger charge is 2.20. The summed E-state index contributed by atoms with van der Waals surface area (Å²) < 4.78 is 6.05. The fraction of sp³-hybridized carbons (Fsp3) is 0.529. The van der Waals surface area contributed by atoms with Crippen molar-refractivity contribution in [2.75, 3.05) is 7.11 Å². The molecule has 0 unspecified atom stereocenters. The van der Waals surface area contributed by atoms with Gasteiger partial charge >= 0.3 is 5.97 Å². The maximum atomic E-state index is 12.8. The molecule has 134 valence electrons. The van der Waals surface area contributed by atoms with E-state index in [0.717, 1.165) is 36.1 Å². The minimum atomic E-state index is -0.710. The molecule has 0 spiro atoms. The van der Waals surface area contributed by atoms with Crippen LogP contribution in [-0.2, 0) is 33.7 Å². The summed E-state index contributed by atoms with van der Waals surface area (Å²) in [6.45, 7) is 1.78. The smallest absolute Gasteiger partial charge is 0.328 e. The molecule has 0 fully saturated rings. The minimum absolute atomic E-state index is 0.0850. The number of esters is 1. The number of aryl methyl sites for hydroxylation is 3. The molecule has 0 saturated carbocycles. The first kappa shape index (κ1) is 17.6. The predicted molar refractivity (Wildman–Crippen MR) is 94.8 cm³/mol. The lowest BCUT2D eigenvalue weighted by Crippen LogP contribution is -2.39. The molecular formula is C17H21N3O4S. The molecule has 0 aliphatic heterocycles. The Morgan fingerprint density at radius 3 is 2.92 bits per heavy atom. The Morgan fingerprint density at radius 1 is 1.40 bits per heavy atom. The van der Waals surface area contributed by atoms with Gasteiger partial charge in [0.05, 0.1) is 18.8 Å². The third-order valence-electron chi connectivity index (χ3n) is 4.45. The van der Waals surface area contributed by atoms with Crippen molar-refractivity contribution in [3.63, 3.8) is 0 Å². The summed E-state index contributed by atoms with van der Waals surface area (Å²) in [5, 5.41) is 3.27. The summed E-state index contributed by atoms with van der Waals surface area (Å²) in [5.41, 5.74) is 1.06. The second-order valence-electron chi connectivity index (χ2n) is 6.20. The molecule has 0 saturated heterocycles. The number of thiophene rings is 1. The lowest BCUT2D eigenvalue weighted by Gasteiger charge is -2.12. The maximum Gasteiger partial charge on any atom is 0.328 e. The fourth-order valence-electron chi connectivity index (χ4n) is 3.11. The van der Waals surface area contributed by atoms with Crippen LogP contribution in [0.3, 0.4) is 0 Å². The van der Waals surface area contributed by atoms with Crippen molar-refractivity contribution in [1.82, 2.24) is 14.9 Å². The summed E-state index contributed by atoms with van der Waals surface area (Å²) >= 11 is 1.61. The number of nitrogens with zero attached hydrogens (tertiary/aromatic N) is 2. The number of fused-ring (bicyclic) bond motifs is 3. The van der Waals surface area contributed by atoms with Gasteiger partial charge in [0, 0.05) is 17.8 Å². The zero-order valence-corrected chi connectivity index (χ0v) is 15.1. The van der Waals surface area contributed by atoms with Crippen LogP contribution in [-0.4, -0.2) is 34.6 Å². The van der Waals surface area contributed by atoms with Crippen LogP contribution in [0.1, 0.15) is 36.6 Å². The monoisotopic (exact) mass is 363 g/mol. The van der Waals surface area contributed by atoms with Crippen LogP contribution >= 0.6 is 11.3 Å². The molecule has 1 N–H and O–H groups in total. The third kappa shape index (κ3) is 3.58. The van der Waals surface area contributed by atoms with Crippen LogP contribution in [0.25, 0.3) is 10.2 Å². The van der Waals surface area contributed by atoms with E-state index >= 15 is 0 Å². The van der Waals surface area contributed by atoms with E-state index in [1.807, 2.05) is 0 Å². The van der Waals surface area contributed by atoms with Gasteiger partial charge in [-0.05, 0) is 38.2 Å². The van der Waals surface area contributed by atoms with Gasteiger partial charge in [0.1, 0.15) is 10.9 Å². The van der Waals surface area contributed by atoms with Crippen LogP contribution in [0.15, 0.2) is 11.1 Å². The van der Waals surface area contributed by atoms with E-state index in [1.54, 1.807) is 18.3 Å². The van der Waals surface area contributed by atoms with Crippen LogP contribution < -0.4 is 10.9 Å². The molecule has 1 amide bonds. The largest absolute Gasteiger partial charge is 0.467 e. The van der Waals surface area contributed by atoms with Crippen LogP contribution in [0, 0.1) is 0 Å². The van der Waals surface area contributed by atoms with Crippen molar-refractivity contribution >= 4 is 33.4 Å². The highest BCUT2D eigenvalue weighted by Crippen LogP contribution is 2.33. The van der Waals surface area contributed by atoms with Gasteiger partial charge in [-0.2, -0.15) is 0 Å². The van der Waals surface area contributed by atoms with Crippen molar-refractivity contribution in [3.05, 3.63) is 27.1 Å². The molecule has 25 heavy (non-hydrogen) atoms. The number of carbonyl (C=O) groups is 2. The Labute approximate surface area is 149 Å². The number of aromatic nitrogens is 2. The average molecular weight is 363 g/mol. The van der Waals surface area contributed by atoms with Crippen molar-refractivity contribution in [2.45, 2.75) is 51.6 Å². The molecule has 1 aliphatic carbocycles. The Morgan fingerprint density at radius 2 is 2.16 bits per heavy atom. The zero-order chi connectivity index (χ0) is 18.0. The van der Waals surface area contributed by atoms with Gasteiger partial charge in [-0.25, -0.2) is 9.78 Å². The SMILES string of the molecule is COC(=O)[C@@H](C)NC(=O)CCn1cnc2sc3c(c2c1=O)CCCC3. The van der Waals surface area contributed by atoms with E-state index < -0.39 is 12.0 Å². The van der Waals surface area contributed by atoms with Crippen molar-refractivity contribution in [1.29, 1.82) is 0 Å². The zero-order valence-electron chi connectivity index (χ0n) is 14.3. The number of ether oxygens (including phenoxy) is 1. The number of nitrogens with one attached hydrogen (secondary N) is 1. The predicted octanol–water partition coefficient (Wildman–Crippen LogP) is 1.40. The number of hydrogen-bond acceptors (Lipinski definition) is 6. The van der Waals surface area contributed by atoms with Gasteiger partial charge in [-0.15, -0.1) is 11.3 Å². The van der Waals surface area contributed by atoms with Crippen LogP contribution in [0.2, 0.25) is 0 Å². The lowest BCUT2D eigenvalue weighted by molar-refractivity contribution is -0.144. The quantitative estimate of drug-likeness (QED) is 0.811. The molecule has 2 aromatic rings. The summed E-state index contributed by atoms with van der Waals surface area (Å²) in [6, 6.07) is -0.710. The maximum absolute atomic E-state index is 12.8. The molecule has 2 aromatic heterocycles. The number of amides is 1. The first-order valence-corrected chi connectivity index (χ1v) is 9.19. The molecular weight excluding hydrogens is 342 g/mol. The van der Waals surface area contributed by atoms with E-state index in [1.165, 1.54) is 22.9 Å². The summed E-state index contributed by atoms with van der Waals surface area (Å²) in [4.78, 5) is 42.5. The lowest BCUT2D eigenvalue weighted by atomic mass is 9.97. The molecule has 3 rings (SSSR count). The number of hydrogen-bond donors (Lipinski definition) is 1. The summed E-state index contributed by atoms with van der Waals surface area (Å²) in [5.74, 6) is -0.809. The van der Waals surface area contributed by atoms with E-state index in [2.05, 4.69) is 15.0 Å². The Bertz CT molecular complexity index is 871. The summed E-state index contributed by atoms with van der Waals surface area (Å²) in [6.07, 6.45) is 5.80. The highest BCUT2D eigenvalue weighted by atomic mass is 32.1. The van der Waals surface area contributed by atoms with Gasteiger partial charge in [0.25, 0.3) is 5.56 Å². The molecule has 0 radical (unpaired) electrons. The topological polar surface area (TPSA) is 90.3 Å². The molecule has 0 bridgehead atoms. The fourth-order valence-corrected chi connectivity index (χ4v) is 4.33. The van der Waals surface area contributed by atoms with Crippen molar-refractivity contribution in [3.8, 4) is 0 Å². The molecule has 1 aliphatic rings.